The van der Waals surface area contributed by atoms with Gasteiger partial charge < -0.3 is 0 Å². The van der Waals surface area contributed by atoms with E-state index in [0.717, 1.165) is 0 Å². The van der Waals surface area contributed by atoms with E-state index in [0.29, 0.717) is 22.5 Å². The summed E-state index contributed by atoms with van der Waals surface area (Å²) >= 11 is 0. The predicted molar refractivity (Wildman–Crippen MR) is 59.1 cm³/mol. The molecule has 0 radical (unpaired) electrons. The normalized spacial score (nSPS) is 9.81. The van der Waals surface area contributed by atoms with Crippen molar-refractivity contribution in [2.75, 3.05) is 0 Å². The molecule has 0 N–H and O–H groups in total. The SMILES string of the molecule is Cc1nc(-c2cccc(F)c2)ccc1C#N. The average molecular weight is 212 g/mol. The molecular formula is C13H9FN2. The molecule has 0 amide bonds. The maximum atomic E-state index is 13.0. The van der Waals surface area contributed by atoms with Crippen LogP contribution in [0.1, 0.15) is 11.3 Å². The second-order valence-corrected chi connectivity index (χ2v) is 3.45. The summed E-state index contributed by atoms with van der Waals surface area (Å²) in [6.45, 7) is 1.77. The fraction of sp³-hybridized carbons (Fsp3) is 0.0769. The summed E-state index contributed by atoms with van der Waals surface area (Å²) < 4.78 is 13.0. The zero-order chi connectivity index (χ0) is 11.5. The third-order valence-electron chi connectivity index (χ3n) is 2.33. The molecule has 0 saturated carbocycles. The van der Waals surface area contributed by atoms with Gasteiger partial charge in [-0.1, -0.05) is 12.1 Å². The zero-order valence-electron chi connectivity index (χ0n) is 8.74. The summed E-state index contributed by atoms with van der Waals surface area (Å²) in [4.78, 5) is 4.27. The number of hydrogen-bond donors (Lipinski definition) is 0. The Hall–Kier alpha value is -2.21. The Kier molecular flexibility index (Phi) is 2.65. The molecule has 1 heterocycles. The van der Waals surface area contributed by atoms with Gasteiger partial charge in [0.05, 0.1) is 17.0 Å². The van der Waals surface area contributed by atoms with E-state index < -0.39 is 0 Å². The molecule has 0 aliphatic heterocycles. The first-order chi connectivity index (χ1) is 7.70. The van der Waals surface area contributed by atoms with Crippen molar-refractivity contribution in [1.29, 1.82) is 5.26 Å². The molecule has 2 rings (SSSR count). The lowest BCUT2D eigenvalue weighted by Crippen LogP contribution is -1.91. The maximum absolute atomic E-state index is 13.0. The molecule has 0 spiro atoms. The van der Waals surface area contributed by atoms with Gasteiger partial charge in [-0.05, 0) is 31.2 Å². The van der Waals surface area contributed by atoms with Gasteiger partial charge in [-0.25, -0.2) is 4.39 Å². The van der Waals surface area contributed by atoms with Crippen molar-refractivity contribution in [3.63, 3.8) is 0 Å². The molecule has 0 bridgehead atoms. The standard InChI is InChI=1S/C13H9FN2/c1-9-11(8-15)5-6-13(16-9)10-3-2-4-12(14)7-10/h2-7H,1H3. The van der Waals surface area contributed by atoms with E-state index in [1.807, 2.05) is 6.07 Å². The lowest BCUT2D eigenvalue weighted by molar-refractivity contribution is 0.628. The number of pyridine rings is 1. The van der Waals surface area contributed by atoms with Crippen LogP contribution in [0.25, 0.3) is 11.3 Å². The molecule has 1 aromatic heterocycles. The van der Waals surface area contributed by atoms with Gasteiger partial charge >= 0.3 is 0 Å². The first kappa shape index (κ1) is 10.3. The van der Waals surface area contributed by atoms with E-state index in [4.69, 9.17) is 5.26 Å². The molecule has 0 unspecified atom stereocenters. The van der Waals surface area contributed by atoms with Gasteiger partial charge in [0.15, 0.2) is 0 Å². The third kappa shape index (κ3) is 1.91. The summed E-state index contributed by atoms with van der Waals surface area (Å²) in [6, 6.07) is 11.7. The monoisotopic (exact) mass is 212 g/mol. The van der Waals surface area contributed by atoms with Crippen molar-refractivity contribution in [2.24, 2.45) is 0 Å². The molecule has 0 saturated heterocycles. The maximum Gasteiger partial charge on any atom is 0.123 e. The van der Waals surface area contributed by atoms with Crippen molar-refractivity contribution in [3.8, 4) is 17.3 Å². The highest BCUT2D eigenvalue weighted by Gasteiger charge is 2.03. The van der Waals surface area contributed by atoms with Crippen molar-refractivity contribution < 1.29 is 4.39 Å². The summed E-state index contributed by atoms with van der Waals surface area (Å²) in [7, 11) is 0. The van der Waals surface area contributed by atoms with Gasteiger partial charge in [-0.3, -0.25) is 4.98 Å². The van der Waals surface area contributed by atoms with Crippen LogP contribution in [0.15, 0.2) is 36.4 Å². The van der Waals surface area contributed by atoms with Crippen LogP contribution in [0.3, 0.4) is 0 Å². The van der Waals surface area contributed by atoms with Crippen molar-refractivity contribution in [2.45, 2.75) is 6.92 Å². The summed E-state index contributed by atoms with van der Waals surface area (Å²) in [5, 5.41) is 8.77. The number of hydrogen-bond acceptors (Lipinski definition) is 2. The largest absolute Gasteiger partial charge is 0.252 e. The minimum atomic E-state index is -0.290. The minimum absolute atomic E-state index is 0.290. The summed E-state index contributed by atoms with van der Waals surface area (Å²) in [6.07, 6.45) is 0. The van der Waals surface area contributed by atoms with E-state index in [2.05, 4.69) is 4.98 Å². The first-order valence-electron chi connectivity index (χ1n) is 4.84. The Morgan fingerprint density at radius 3 is 2.69 bits per heavy atom. The smallest absolute Gasteiger partial charge is 0.123 e. The second-order valence-electron chi connectivity index (χ2n) is 3.45. The quantitative estimate of drug-likeness (QED) is 0.728. The number of nitriles is 1. The number of aryl methyl sites for hydroxylation is 1. The molecule has 2 aromatic rings. The van der Waals surface area contributed by atoms with Crippen molar-refractivity contribution in [3.05, 3.63) is 53.5 Å². The molecular weight excluding hydrogens is 203 g/mol. The van der Waals surface area contributed by atoms with Gasteiger partial charge in [0, 0.05) is 5.56 Å². The molecule has 0 aliphatic carbocycles. The molecule has 3 heteroatoms. The van der Waals surface area contributed by atoms with Crippen LogP contribution < -0.4 is 0 Å². The van der Waals surface area contributed by atoms with E-state index in [1.54, 1.807) is 31.2 Å². The first-order valence-corrected chi connectivity index (χ1v) is 4.84. The minimum Gasteiger partial charge on any atom is -0.252 e. The Bertz CT molecular complexity index is 570. The predicted octanol–water partition coefficient (Wildman–Crippen LogP) is 3.07. The fourth-order valence-corrected chi connectivity index (χ4v) is 1.49. The number of benzene rings is 1. The van der Waals surface area contributed by atoms with Crippen LogP contribution in [0, 0.1) is 24.1 Å². The molecule has 16 heavy (non-hydrogen) atoms. The third-order valence-corrected chi connectivity index (χ3v) is 2.33. The van der Waals surface area contributed by atoms with Gasteiger partial charge in [-0.2, -0.15) is 5.26 Å². The summed E-state index contributed by atoms with van der Waals surface area (Å²) in [5.74, 6) is -0.290. The van der Waals surface area contributed by atoms with Crippen LogP contribution in [-0.4, -0.2) is 4.98 Å². The Morgan fingerprint density at radius 1 is 1.25 bits per heavy atom. The number of rotatable bonds is 1. The molecule has 78 valence electrons. The van der Waals surface area contributed by atoms with Gasteiger partial charge in [0.25, 0.3) is 0 Å². The number of halogens is 1. The van der Waals surface area contributed by atoms with Gasteiger partial charge in [-0.15, -0.1) is 0 Å². The number of aromatic nitrogens is 1. The number of nitrogens with zero attached hydrogens (tertiary/aromatic N) is 2. The lowest BCUT2D eigenvalue weighted by Gasteiger charge is -2.03. The lowest BCUT2D eigenvalue weighted by atomic mass is 10.1. The van der Waals surface area contributed by atoms with E-state index >= 15 is 0 Å². The van der Waals surface area contributed by atoms with Gasteiger partial charge in [0.1, 0.15) is 11.9 Å². The van der Waals surface area contributed by atoms with E-state index in [1.165, 1.54) is 12.1 Å². The molecule has 0 fully saturated rings. The zero-order valence-corrected chi connectivity index (χ0v) is 8.74. The van der Waals surface area contributed by atoms with E-state index in [-0.39, 0.29) is 5.82 Å². The van der Waals surface area contributed by atoms with Crippen LogP contribution >= 0.6 is 0 Å². The van der Waals surface area contributed by atoms with Crippen molar-refractivity contribution in [1.82, 2.24) is 4.98 Å². The molecule has 1 aromatic carbocycles. The Morgan fingerprint density at radius 2 is 2.06 bits per heavy atom. The highest BCUT2D eigenvalue weighted by molar-refractivity contribution is 5.60. The highest BCUT2D eigenvalue weighted by Crippen LogP contribution is 2.19. The van der Waals surface area contributed by atoms with E-state index in [9.17, 15) is 4.39 Å². The second kappa shape index (κ2) is 4.11. The molecule has 2 nitrogen and oxygen atoms in total. The van der Waals surface area contributed by atoms with Gasteiger partial charge in [0.2, 0.25) is 0 Å². The van der Waals surface area contributed by atoms with Crippen LogP contribution in [0.5, 0.6) is 0 Å². The Labute approximate surface area is 93.0 Å². The van der Waals surface area contributed by atoms with Crippen LogP contribution in [0.2, 0.25) is 0 Å². The summed E-state index contributed by atoms with van der Waals surface area (Å²) in [5.41, 5.74) is 2.59. The molecule has 0 atom stereocenters. The fourth-order valence-electron chi connectivity index (χ4n) is 1.49. The topological polar surface area (TPSA) is 36.7 Å². The van der Waals surface area contributed by atoms with Crippen LogP contribution in [0.4, 0.5) is 4.39 Å². The van der Waals surface area contributed by atoms with Crippen molar-refractivity contribution >= 4 is 0 Å². The highest BCUT2D eigenvalue weighted by atomic mass is 19.1. The Balaban J connectivity index is 2.50. The average Bonchev–Trinajstić information content (AvgIpc) is 2.29. The molecule has 0 aliphatic rings. The van der Waals surface area contributed by atoms with Crippen LogP contribution in [-0.2, 0) is 0 Å².